The molecule has 0 saturated carbocycles. The van der Waals surface area contributed by atoms with E-state index in [0.717, 1.165) is 57.6 Å². The summed E-state index contributed by atoms with van der Waals surface area (Å²) in [4.78, 5) is 41.1. The summed E-state index contributed by atoms with van der Waals surface area (Å²) in [5.74, 6) is -1.47. The molecule has 11 nitrogen and oxygen atoms in total. The molecule has 5 rings (SSSR count). The van der Waals surface area contributed by atoms with Gasteiger partial charge in [0.15, 0.2) is 0 Å². The fraction of sp³-hybridized carbons (Fsp3) is 0.355. The number of nitrogens with zero attached hydrogens (tertiary/aromatic N) is 3. The Balaban J connectivity index is 0.000000687. The highest BCUT2D eigenvalue weighted by atomic mass is 19.4. The number of anilines is 3. The Morgan fingerprint density at radius 1 is 0.933 bits per heavy atom. The molecule has 0 aromatic heterocycles. The molecule has 2 aliphatic rings. The summed E-state index contributed by atoms with van der Waals surface area (Å²) in [7, 11) is 2.00. The molecule has 0 unspecified atom stereocenters. The van der Waals surface area contributed by atoms with Crippen LogP contribution in [0.3, 0.4) is 0 Å². The lowest BCUT2D eigenvalue weighted by molar-refractivity contribution is -0.385. The van der Waals surface area contributed by atoms with Crippen LogP contribution in [-0.4, -0.2) is 81.2 Å². The first kappa shape index (κ1) is 33.4. The van der Waals surface area contributed by atoms with Gasteiger partial charge in [0.2, 0.25) is 0 Å². The molecule has 2 saturated heterocycles. The average molecular weight is 629 g/mol. The monoisotopic (exact) mass is 628 g/mol. The second kappa shape index (κ2) is 15.0. The molecule has 2 amide bonds. The van der Waals surface area contributed by atoms with E-state index in [1.165, 1.54) is 30.3 Å². The van der Waals surface area contributed by atoms with Gasteiger partial charge >= 0.3 is 6.18 Å². The second-order valence-electron chi connectivity index (χ2n) is 10.6. The third-order valence-electron chi connectivity index (χ3n) is 7.33. The number of nitro groups is 1. The van der Waals surface area contributed by atoms with Crippen LogP contribution in [0.5, 0.6) is 0 Å². The number of carbonyl (C=O) groups is 2. The topological polar surface area (TPSA) is 129 Å². The lowest BCUT2D eigenvalue weighted by Gasteiger charge is -2.34. The summed E-state index contributed by atoms with van der Waals surface area (Å²) in [5.41, 5.74) is 0.196. The molecule has 3 aromatic rings. The van der Waals surface area contributed by atoms with Crippen LogP contribution in [-0.2, 0) is 10.9 Å². The van der Waals surface area contributed by atoms with Gasteiger partial charge in [-0.15, -0.1) is 0 Å². The number of hydrogen-bond donors (Lipinski definition) is 3. The highest BCUT2D eigenvalue weighted by Gasteiger charge is 2.31. The number of amides is 2. The van der Waals surface area contributed by atoms with Crippen molar-refractivity contribution in [1.82, 2.24) is 10.2 Å². The first-order valence-electron chi connectivity index (χ1n) is 14.3. The average Bonchev–Trinajstić information content (AvgIpc) is 3.03. The van der Waals surface area contributed by atoms with Gasteiger partial charge in [-0.2, -0.15) is 13.2 Å². The van der Waals surface area contributed by atoms with Crippen molar-refractivity contribution >= 4 is 34.6 Å². The number of piperazine rings is 1. The number of nitrogens with one attached hydrogen (secondary N) is 3. The maximum Gasteiger partial charge on any atom is 0.416 e. The predicted molar refractivity (Wildman–Crippen MR) is 165 cm³/mol. The minimum absolute atomic E-state index is 0.116. The summed E-state index contributed by atoms with van der Waals surface area (Å²) in [6, 6.07) is 13.0. The number of ether oxygens (including phenoxy) is 1. The van der Waals surface area contributed by atoms with Crippen LogP contribution >= 0.6 is 0 Å². The van der Waals surface area contributed by atoms with Gasteiger partial charge in [-0.25, -0.2) is 0 Å². The fourth-order valence-corrected chi connectivity index (χ4v) is 4.71. The number of halogens is 3. The number of alkyl halides is 3. The summed E-state index contributed by atoms with van der Waals surface area (Å²) in [5, 5.41) is 20.0. The van der Waals surface area contributed by atoms with E-state index < -0.39 is 28.5 Å². The van der Waals surface area contributed by atoms with Crippen LogP contribution in [0.25, 0.3) is 0 Å². The van der Waals surface area contributed by atoms with Crippen molar-refractivity contribution < 1.29 is 32.4 Å². The highest BCUT2D eigenvalue weighted by molar-refractivity contribution is 6.09. The van der Waals surface area contributed by atoms with E-state index in [1.54, 1.807) is 19.1 Å². The van der Waals surface area contributed by atoms with E-state index >= 15 is 0 Å². The minimum Gasteiger partial charge on any atom is -0.379 e. The molecular formula is C31H35F3N6O5. The molecule has 14 heteroatoms. The fourth-order valence-electron chi connectivity index (χ4n) is 4.71. The molecule has 0 spiro atoms. The van der Waals surface area contributed by atoms with Gasteiger partial charge in [0.05, 0.1) is 23.7 Å². The number of morpholine rings is 1. The standard InChI is InChI=1S/C27H26F3N5O4.C4H9NO/c1-17-6-7-20(31-25(36)18-4-3-5-19(14-18)27(28,29)30)15-23(17)32-26(37)22-16-21(8-9-24(22)35(38)39)34-12-10-33(2)11-13-34;1-3-6-4-2-5-1/h3-9,14-16H,10-13H2,1-2H3,(H,31,36)(H,32,37);5H,1-4H2. The number of carbonyl (C=O) groups excluding carboxylic acids is 2. The van der Waals surface area contributed by atoms with E-state index in [2.05, 4.69) is 25.8 Å². The van der Waals surface area contributed by atoms with Crippen LogP contribution in [0.2, 0.25) is 0 Å². The summed E-state index contributed by atoms with van der Waals surface area (Å²) in [6.07, 6.45) is -4.60. The Labute approximate surface area is 258 Å². The number of nitro benzene ring substituents is 1. The third kappa shape index (κ3) is 9.23. The van der Waals surface area contributed by atoms with Gasteiger partial charge in [0, 0.05) is 68.0 Å². The van der Waals surface area contributed by atoms with Crippen LogP contribution in [0.1, 0.15) is 31.8 Å². The number of aryl methyl sites for hydroxylation is 1. The molecule has 0 atom stereocenters. The van der Waals surface area contributed by atoms with Crippen molar-refractivity contribution in [1.29, 1.82) is 0 Å². The Bertz CT molecular complexity index is 1510. The zero-order chi connectivity index (χ0) is 32.6. The second-order valence-corrected chi connectivity index (χ2v) is 10.6. The Morgan fingerprint density at radius 3 is 2.24 bits per heavy atom. The van der Waals surface area contributed by atoms with Crippen molar-refractivity contribution in [2.75, 3.05) is 75.1 Å². The van der Waals surface area contributed by atoms with Gasteiger partial charge in [0.25, 0.3) is 17.5 Å². The minimum atomic E-state index is -4.60. The quantitative estimate of drug-likeness (QED) is 0.263. The van der Waals surface area contributed by atoms with Gasteiger partial charge < -0.3 is 30.5 Å². The molecule has 0 bridgehead atoms. The highest BCUT2D eigenvalue weighted by Crippen LogP contribution is 2.31. The molecule has 2 fully saturated rings. The Morgan fingerprint density at radius 2 is 1.64 bits per heavy atom. The first-order chi connectivity index (χ1) is 21.4. The maximum atomic E-state index is 13.2. The SMILES string of the molecule is C1COCCN1.Cc1ccc(NC(=O)c2cccc(C(F)(F)F)c2)cc1NC(=O)c1cc(N2CCN(C)CC2)ccc1[N+](=O)[O-]. The van der Waals surface area contributed by atoms with E-state index in [4.69, 9.17) is 4.74 Å². The predicted octanol–water partition coefficient (Wildman–Crippen LogP) is 4.78. The van der Waals surface area contributed by atoms with Gasteiger partial charge in [0.1, 0.15) is 5.56 Å². The molecular weight excluding hydrogens is 593 g/mol. The van der Waals surface area contributed by atoms with E-state index in [0.29, 0.717) is 24.3 Å². The molecule has 0 aliphatic carbocycles. The largest absolute Gasteiger partial charge is 0.416 e. The van der Waals surface area contributed by atoms with Crippen LogP contribution in [0.15, 0.2) is 60.7 Å². The smallest absolute Gasteiger partial charge is 0.379 e. The van der Waals surface area contributed by atoms with E-state index in [1.807, 2.05) is 7.05 Å². The summed E-state index contributed by atoms with van der Waals surface area (Å²) < 4.78 is 44.1. The first-order valence-corrected chi connectivity index (χ1v) is 14.3. The van der Waals surface area contributed by atoms with Gasteiger partial charge in [-0.05, 0) is 62.0 Å². The zero-order valence-electron chi connectivity index (χ0n) is 24.9. The molecule has 0 radical (unpaired) electrons. The maximum absolute atomic E-state index is 13.2. The Hall–Kier alpha value is -4.53. The van der Waals surface area contributed by atoms with E-state index in [-0.39, 0.29) is 28.2 Å². The van der Waals surface area contributed by atoms with Crippen molar-refractivity contribution in [3.05, 3.63) is 93.0 Å². The number of likely N-dealkylation sites (N-methyl/N-ethyl adjacent to an activating group) is 1. The molecule has 240 valence electrons. The molecule has 3 N–H and O–H groups in total. The van der Waals surface area contributed by atoms with Crippen molar-refractivity contribution in [2.45, 2.75) is 13.1 Å². The van der Waals surface area contributed by atoms with Gasteiger partial charge in [-0.3, -0.25) is 19.7 Å². The van der Waals surface area contributed by atoms with Crippen LogP contribution in [0, 0.1) is 17.0 Å². The molecule has 2 heterocycles. The van der Waals surface area contributed by atoms with Crippen molar-refractivity contribution in [3.63, 3.8) is 0 Å². The van der Waals surface area contributed by atoms with Crippen LogP contribution < -0.4 is 20.9 Å². The van der Waals surface area contributed by atoms with Crippen LogP contribution in [0.4, 0.5) is 35.9 Å². The number of rotatable bonds is 6. The van der Waals surface area contributed by atoms with Crippen molar-refractivity contribution in [2.24, 2.45) is 0 Å². The summed E-state index contributed by atoms with van der Waals surface area (Å²) >= 11 is 0. The zero-order valence-corrected chi connectivity index (χ0v) is 24.9. The number of benzene rings is 3. The molecule has 2 aliphatic heterocycles. The number of hydrogen-bond acceptors (Lipinski definition) is 8. The molecule has 45 heavy (non-hydrogen) atoms. The lowest BCUT2D eigenvalue weighted by Crippen LogP contribution is -2.44. The summed E-state index contributed by atoms with van der Waals surface area (Å²) in [6.45, 7) is 8.58. The van der Waals surface area contributed by atoms with Crippen molar-refractivity contribution in [3.8, 4) is 0 Å². The normalized spacial score (nSPS) is 15.4. The third-order valence-corrected chi connectivity index (χ3v) is 7.33. The van der Waals surface area contributed by atoms with E-state index in [9.17, 15) is 32.9 Å². The Kier molecular flexibility index (Phi) is 11.1. The molecule has 3 aromatic carbocycles. The van der Waals surface area contributed by atoms with Gasteiger partial charge in [-0.1, -0.05) is 12.1 Å². The lowest BCUT2D eigenvalue weighted by atomic mass is 10.1.